The van der Waals surface area contributed by atoms with E-state index < -0.39 is 18.1 Å². The Balaban J connectivity index is 1.21. The number of hydrogen-bond acceptors (Lipinski definition) is 4. The van der Waals surface area contributed by atoms with Crippen LogP contribution in [-0.2, 0) is 14.3 Å². The van der Waals surface area contributed by atoms with Crippen LogP contribution in [0.4, 0.5) is 4.79 Å². The molecule has 7 heteroatoms. The lowest BCUT2D eigenvalue weighted by Crippen LogP contribution is -2.53. The number of carboxylic acids is 1. The molecule has 0 spiro atoms. The van der Waals surface area contributed by atoms with Gasteiger partial charge in [-0.1, -0.05) is 61.4 Å². The van der Waals surface area contributed by atoms with E-state index in [1.807, 2.05) is 24.3 Å². The quantitative estimate of drug-likeness (QED) is 0.522. The summed E-state index contributed by atoms with van der Waals surface area (Å²) in [4.78, 5) is 37.1. The van der Waals surface area contributed by atoms with Crippen LogP contribution in [-0.4, -0.2) is 41.8 Å². The Kier molecular flexibility index (Phi) is 6.75. The Labute approximate surface area is 205 Å². The van der Waals surface area contributed by atoms with Crippen LogP contribution < -0.4 is 10.6 Å². The molecule has 5 rings (SSSR count). The van der Waals surface area contributed by atoms with Crippen molar-refractivity contribution in [2.45, 2.75) is 62.9 Å². The fourth-order valence-electron chi connectivity index (χ4n) is 5.73. The predicted octanol–water partition coefficient (Wildman–Crippen LogP) is 4.45. The predicted molar refractivity (Wildman–Crippen MR) is 131 cm³/mol. The molecule has 2 aromatic rings. The maximum absolute atomic E-state index is 13.1. The maximum atomic E-state index is 13.1. The molecule has 0 aliphatic heterocycles. The van der Waals surface area contributed by atoms with Crippen molar-refractivity contribution < 1.29 is 24.2 Å². The van der Waals surface area contributed by atoms with Gasteiger partial charge in [-0.15, -0.1) is 0 Å². The molecular formula is C28H32N2O5. The van der Waals surface area contributed by atoms with Gasteiger partial charge in [0.1, 0.15) is 12.6 Å². The number of alkyl carbamates (subject to hydrolysis) is 1. The van der Waals surface area contributed by atoms with Gasteiger partial charge >= 0.3 is 12.1 Å². The summed E-state index contributed by atoms with van der Waals surface area (Å²) in [6, 6.07) is 15.5. The van der Waals surface area contributed by atoms with Crippen LogP contribution in [0.25, 0.3) is 11.1 Å². The van der Waals surface area contributed by atoms with E-state index >= 15 is 0 Å². The number of aliphatic carboxylic acids is 1. The first-order valence-corrected chi connectivity index (χ1v) is 12.6. The summed E-state index contributed by atoms with van der Waals surface area (Å²) in [6.45, 7) is 0.197. The number of carboxylic acid groups (broad SMARTS) is 1. The van der Waals surface area contributed by atoms with Crippen molar-refractivity contribution in [1.29, 1.82) is 0 Å². The van der Waals surface area contributed by atoms with Gasteiger partial charge in [-0.25, -0.2) is 4.79 Å². The molecule has 3 aliphatic rings. The molecule has 35 heavy (non-hydrogen) atoms. The number of benzene rings is 2. The number of hydrogen-bond donors (Lipinski definition) is 3. The van der Waals surface area contributed by atoms with E-state index in [1.165, 1.54) is 0 Å². The number of nitrogens with one attached hydrogen (secondary N) is 2. The molecule has 7 nitrogen and oxygen atoms in total. The SMILES string of the molecule is O=C(O)C[C@H]1CCCC[C@H]1NC(=O)C(NC(=O)OCC1c2ccccc2-c2ccccc21)C1CC1. The summed E-state index contributed by atoms with van der Waals surface area (Å²) in [7, 11) is 0. The topological polar surface area (TPSA) is 105 Å². The van der Waals surface area contributed by atoms with Gasteiger partial charge < -0.3 is 20.5 Å². The maximum Gasteiger partial charge on any atom is 0.407 e. The van der Waals surface area contributed by atoms with Gasteiger partial charge in [0, 0.05) is 12.0 Å². The molecule has 0 bridgehead atoms. The van der Waals surface area contributed by atoms with Gasteiger partial charge in [0.15, 0.2) is 0 Å². The molecule has 184 valence electrons. The third-order valence-corrected chi connectivity index (χ3v) is 7.67. The number of carbonyl (C=O) groups excluding carboxylic acids is 2. The monoisotopic (exact) mass is 476 g/mol. The number of ether oxygens (including phenoxy) is 1. The second kappa shape index (κ2) is 10.1. The fourth-order valence-corrected chi connectivity index (χ4v) is 5.73. The van der Waals surface area contributed by atoms with E-state index in [9.17, 15) is 19.5 Å². The van der Waals surface area contributed by atoms with E-state index in [2.05, 4.69) is 34.9 Å². The van der Waals surface area contributed by atoms with Crippen molar-refractivity contribution in [2.24, 2.45) is 11.8 Å². The van der Waals surface area contributed by atoms with Crippen LogP contribution in [0.2, 0.25) is 0 Å². The zero-order chi connectivity index (χ0) is 24.4. The van der Waals surface area contributed by atoms with Crippen LogP contribution in [0.1, 0.15) is 62.0 Å². The first-order chi connectivity index (χ1) is 17.0. The van der Waals surface area contributed by atoms with Crippen LogP contribution in [0.3, 0.4) is 0 Å². The number of amides is 2. The van der Waals surface area contributed by atoms with Crippen molar-refractivity contribution in [3.05, 3.63) is 59.7 Å². The first kappa shape index (κ1) is 23.4. The van der Waals surface area contributed by atoms with E-state index in [0.29, 0.717) is 0 Å². The zero-order valence-corrected chi connectivity index (χ0v) is 19.7. The van der Waals surface area contributed by atoms with E-state index in [-0.39, 0.29) is 42.7 Å². The zero-order valence-electron chi connectivity index (χ0n) is 19.7. The average Bonchev–Trinajstić information content (AvgIpc) is 3.64. The van der Waals surface area contributed by atoms with E-state index in [1.54, 1.807) is 0 Å². The molecule has 2 aromatic carbocycles. The fraction of sp³-hybridized carbons (Fsp3) is 0.464. The highest BCUT2D eigenvalue weighted by Gasteiger charge is 2.40. The van der Waals surface area contributed by atoms with Crippen LogP contribution in [0.5, 0.6) is 0 Å². The van der Waals surface area contributed by atoms with Gasteiger partial charge in [-0.05, 0) is 59.8 Å². The Morgan fingerprint density at radius 1 is 0.914 bits per heavy atom. The Hall–Kier alpha value is -3.35. The molecule has 0 radical (unpaired) electrons. The molecule has 2 fully saturated rings. The van der Waals surface area contributed by atoms with Gasteiger partial charge in [0.25, 0.3) is 0 Å². The Morgan fingerprint density at radius 3 is 2.17 bits per heavy atom. The minimum absolute atomic E-state index is 0.0413. The van der Waals surface area contributed by atoms with Crippen molar-refractivity contribution in [3.63, 3.8) is 0 Å². The van der Waals surface area contributed by atoms with Gasteiger partial charge in [0.05, 0.1) is 6.42 Å². The van der Waals surface area contributed by atoms with E-state index in [0.717, 1.165) is 60.8 Å². The summed E-state index contributed by atoms with van der Waals surface area (Å²) in [5.41, 5.74) is 4.60. The highest BCUT2D eigenvalue weighted by Crippen LogP contribution is 2.44. The standard InChI is InChI=1S/C28H32N2O5/c31-25(32)15-18-7-1-6-12-24(18)29-27(33)26(17-13-14-17)30-28(34)35-16-23-21-10-4-2-8-19(21)20-9-3-5-11-22(20)23/h2-5,8-11,17-18,23-24,26H,1,6-7,12-16H2,(H,29,33)(H,30,34)(H,31,32)/t18-,24-,26?/m1/s1. The molecular weight excluding hydrogens is 444 g/mol. The number of carbonyl (C=O) groups is 3. The minimum Gasteiger partial charge on any atom is -0.481 e. The summed E-state index contributed by atoms with van der Waals surface area (Å²) < 4.78 is 5.65. The third kappa shape index (κ3) is 5.19. The number of rotatable bonds is 8. The van der Waals surface area contributed by atoms with Crippen LogP contribution in [0.15, 0.2) is 48.5 Å². The Morgan fingerprint density at radius 2 is 1.54 bits per heavy atom. The van der Waals surface area contributed by atoms with Crippen molar-refractivity contribution in [1.82, 2.24) is 10.6 Å². The molecule has 0 saturated heterocycles. The van der Waals surface area contributed by atoms with E-state index in [4.69, 9.17) is 4.74 Å². The first-order valence-electron chi connectivity index (χ1n) is 12.6. The second-order valence-corrected chi connectivity index (χ2v) is 10.0. The third-order valence-electron chi connectivity index (χ3n) is 7.67. The normalized spacial score (nSPS) is 21.9. The smallest absolute Gasteiger partial charge is 0.407 e. The van der Waals surface area contributed by atoms with Gasteiger partial charge in [-0.3, -0.25) is 9.59 Å². The summed E-state index contributed by atoms with van der Waals surface area (Å²) in [6.07, 6.45) is 4.74. The summed E-state index contributed by atoms with van der Waals surface area (Å²) >= 11 is 0. The van der Waals surface area contributed by atoms with Gasteiger partial charge in [-0.2, -0.15) is 0 Å². The average molecular weight is 477 g/mol. The highest BCUT2D eigenvalue weighted by atomic mass is 16.5. The lowest BCUT2D eigenvalue weighted by Gasteiger charge is -2.32. The summed E-state index contributed by atoms with van der Waals surface area (Å²) in [5.74, 6) is -1.09. The lowest BCUT2D eigenvalue weighted by atomic mass is 9.82. The Bertz CT molecular complexity index is 1070. The molecule has 2 amide bonds. The summed E-state index contributed by atoms with van der Waals surface area (Å²) in [5, 5.41) is 15.1. The lowest BCUT2D eigenvalue weighted by molar-refractivity contribution is -0.139. The highest BCUT2D eigenvalue weighted by molar-refractivity contribution is 5.86. The minimum atomic E-state index is -0.841. The molecule has 3 atom stereocenters. The van der Waals surface area contributed by atoms with Crippen LogP contribution in [0, 0.1) is 11.8 Å². The molecule has 0 aromatic heterocycles. The largest absolute Gasteiger partial charge is 0.481 e. The molecule has 0 heterocycles. The molecule has 1 unspecified atom stereocenters. The number of fused-ring (bicyclic) bond motifs is 3. The van der Waals surface area contributed by atoms with Gasteiger partial charge in [0.2, 0.25) is 5.91 Å². The molecule has 3 N–H and O–H groups in total. The van der Waals surface area contributed by atoms with Crippen molar-refractivity contribution >= 4 is 18.0 Å². The van der Waals surface area contributed by atoms with Crippen LogP contribution >= 0.6 is 0 Å². The van der Waals surface area contributed by atoms with Crippen molar-refractivity contribution in [2.75, 3.05) is 6.61 Å². The molecule has 3 aliphatic carbocycles. The molecule has 2 saturated carbocycles. The van der Waals surface area contributed by atoms with Crippen molar-refractivity contribution in [3.8, 4) is 11.1 Å². The second-order valence-electron chi connectivity index (χ2n) is 10.0.